The van der Waals surface area contributed by atoms with Crippen LogP contribution in [0.3, 0.4) is 0 Å². The Labute approximate surface area is 210 Å². The monoisotopic (exact) mass is 492 g/mol. The molecule has 0 saturated carbocycles. The van der Waals surface area contributed by atoms with Crippen molar-refractivity contribution in [1.82, 2.24) is 14.8 Å². The highest BCUT2D eigenvalue weighted by molar-refractivity contribution is 7.19. The van der Waals surface area contributed by atoms with Crippen molar-refractivity contribution >= 4 is 45.3 Å². The summed E-state index contributed by atoms with van der Waals surface area (Å²) < 4.78 is 6.77. The van der Waals surface area contributed by atoms with E-state index in [1.807, 2.05) is 46.0 Å². The van der Waals surface area contributed by atoms with Gasteiger partial charge in [0.25, 0.3) is 0 Å². The number of pyridine rings is 1. The summed E-state index contributed by atoms with van der Waals surface area (Å²) in [6, 6.07) is 10.3. The first-order valence-electron chi connectivity index (χ1n) is 11.7. The van der Waals surface area contributed by atoms with E-state index < -0.39 is 5.60 Å². The summed E-state index contributed by atoms with van der Waals surface area (Å²) >= 11 is 1.73. The zero-order chi connectivity index (χ0) is 25.2. The van der Waals surface area contributed by atoms with Gasteiger partial charge in [0.1, 0.15) is 11.4 Å². The van der Waals surface area contributed by atoms with Gasteiger partial charge in [-0.15, -0.1) is 11.3 Å². The summed E-state index contributed by atoms with van der Waals surface area (Å²) in [7, 11) is 1.81. The Bertz CT molecular complexity index is 1280. The summed E-state index contributed by atoms with van der Waals surface area (Å²) in [5.74, 6) is 0.669. The number of aromatic nitrogens is 1. The maximum Gasteiger partial charge on any atom is 0.410 e. The normalized spacial score (nSPS) is 13.9. The lowest BCUT2D eigenvalue weighted by Gasteiger charge is -2.26. The Morgan fingerprint density at radius 1 is 1.29 bits per heavy atom. The van der Waals surface area contributed by atoms with Crippen molar-refractivity contribution in [2.24, 2.45) is 0 Å². The molecular formula is C27H32N4O3S. The molecule has 7 nitrogen and oxygen atoms in total. The van der Waals surface area contributed by atoms with Crippen LogP contribution in [0.1, 0.15) is 42.3 Å². The van der Waals surface area contributed by atoms with Gasteiger partial charge in [-0.3, -0.25) is 4.79 Å². The molecule has 1 aromatic carbocycles. The highest BCUT2D eigenvalue weighted by atomic mass is 32.1. The third kappa shape index (κ3) is 6.00. The summed E-state index contributed by atoms with van der Waals surface area (Å²) in [5, 5.41) is 4.51. The Morgan fingerprint density at radius 2 is 2.06 bits per heavy atom. The Morgan fingerprint density at radius 3 is 2.80 bits per heavy atom. The van der Waals surface area contributed by atoms with Crippen molar-refractivity contribution in [3.8, 4) is 0 Å². The quantitative estimate of drug-likeness (QED) is 0.491. The van der Waals surface area contributed by atoms with E-state index in [-0.39, 0.29) is 12.0 Å². The molecule has 0 atom stereocenters. The van der Waals surface area contributed by atoms with Crippen molar-refractivity contribution in [1.29, 1.82) is 0 Å². The molecule has 184 valence electrons. The third-order valence-corrected chi connectivity index (χ3v) is 7.05. The highest BCUT2D eigenvalue weighted by Gasteiger charge is 2.25. The summed E-state index contributed by atoms with van der Waals surface area (Å²) in [4.78, 5) is 34.5. The number of hydrogen-bond donors (Lipinski definition) is 1. The van der Waals surface area contributed by atoms with Crippen LogP contribution >= 0.6 is 11.3 Å². The number of nitrogens with one attached hydrogen (secondary N) is 1. The smallest absolute Gasteiger partial charge is 0.410 e. The van der Waals surface area contributed by atoms with Crippen molar-refractivity contribution in [3.05, 3.63) is 64.2 Å². The van der Waals surface area contributed by atoms with Crippen LogP contribution in [0, 0.1) is 6.92 Å². The predicted octanol–water partition coefficient (Wildman–Crippen LogP) is 5.44. The summed E-state index contributed by atoms with van der Waals surface area (Å²) in [5.41, 5.74) is 2.36. The molecule has 1 aliphatic rings. The van der Waals surface area contributed by atoms with E-state index in [9.17, 15) is 9.59 Å². The van der Waals surface area contributed by atoms with Gasteiger partial charge in [0, 0.05) is 47.6 Å². The first-order chi connectivity index (χ1) is 16.6. The topological polar surface area (TPSA) is 74.8 Å². The minimum atomic E-state index is -0.552. The molecule has 0 radical (unpaired) electrons. The summed E-state index contributed by atoms with van der Waals surface area (Å²) in [6.07, 6.45) is 4.73. The van der Waals surface area contributed by atoms with E-state index in [0.29, 0.717) is 26.2 Å². The number of rotatable bonds is 4. The average Bonchev–Trinajstić information content (AvgIpc) is 2.98. The Kier molecular flexibility index (Phi) is 7.12. The molecule has 0 unspecified atom stereocenters. The van der Waals surface area contributed by atoms with E-state index in [1.54, 1.807) is 39.5 Å². The number of hydrogen-bond acceptors (Lipinski definition) is 6. The van der Waals surface area contributed by atoms with E-state index in [4.69, 9.17) is 4.74 Å². The second-order valence-electron chi connectivity index (χ2n) is 9.78. The van der Waals surface area contributed by atoms with E-state index in [2.05, 4.69) is 29.4 Å². The second-order valence-corrected chi connectivity index (χ2v) is 10.9. The molecule has 0 spiro atoms. The lowest BCUT2D eigenvalue weighted by Crippen LogP contribution is -2.37. The number of anilines is 1. The largest absolute Gasteiger partial charge is 0.444 e. The van der Waals surface area contributed by atoms with Gasteiger partial charge in [-0.1, -0.05) is 18.2 Å². The fourth-order valence-electron chi connectivity index (χ4n) is 3.94. The number of carbonyl (C=O) groups excluding carboxylic acids is 2. The first-order valence-corrected chi connectivity index (χ1v) is 12.5. The van der Waals surface area contributed by atoms with Gasteiger partial charge >= 0.3 is 6.09 Å². The fourth-order valence-corrected chi connectivity index (χ4v) is 5.20. The number of amides is 2. The molecule has 4 rings (SSSR count). The lowest BCUT2D eigenvalue weighted by atomic mass is 10.1. The van der Waals surface area contributed by atoms with Crippen LogP contribution in [0.25, 0.3) is 16.2 Å². The van der Waals surface area contributed by atoms with Crippen molar-refractivity contribution in [2.45, 2.75) is 46.4 Å². The SMILES string of the molecule is Cc1c(CN(C)C(=O)/C=C/c2cnc3c(c2)CN(C(=O)OC(C)(C)C)CCN3)sc2ccccc12. The first kappa shape index (κ1) is 24.7. The molecule has 2 aromatic heterocycles. The molecule has 2 amide bonds. The minimum absolute atomic E-state index is 0.0784. The van der Waals surface area contributed by atoms with Crippen LogP contribution in [0.4, 0.5) is 10.6 Å². The Balaban J connectivity index is 1.44. The average molecular weight is 493 g/mol. The number of thiophene rings is 1. The van der Waals surface area contributed by atoms with Crippen LogP contribution in [-0.2, 0) is 22.6 Å². The predicted molar refractivity (Wildman–Crippen MR) is 141 cm³/mol. The molecule has 3 aromatic rings. The minimum Gasteiger partial charge on any atom is -0.444 e. The standard InChI is InChI=1S/C27H32N4O3S/c1-18-21-8-6-7-9-22(21)35-23(18)17-30(5)24(32)11-10-19-14-20-16-31(26(33)34-27(2,3)4)13-12-28-25(20)29-15-19/h6-11,14-15H,12-13,16-17H2,1-5H3,(H,28,29)/b11-10+. The lowest BCUT2D eigenvalue weighted by molar-refractivity contribution is -0.125. The van der Waals surface area contributed by atoms with Gasteiger partial charge < -0.3 is 19.9 Å². The molecule has 1 aliphatic heterocycles. The van der Waals surface area contributed by atoms with Gasteiger partial charge in [0.2, 0.25) is 5.91 Å². The van der Waals surface area contributed by atoms with Crippen LogP contribution in [-0.4, -0.2) is 52.5 Å². The molecule has 35 heavy (non-hydrogen) atoms. The molecule has 0 bridgehead atoms. The van der Waals surface area contributed by atoms with E-state index in [1.165, 1.54) is 20.5 Å². The van der Waals surface area contributed by atoms with Gasteiger partial charge in [-0.25, -0.2) is 9.78 Å². The number of carbonyl (C=O) groups is 2. The van der Waals surface area contributed by atoms with Crippen LogP contribution in [0.15, 0.2) is 42.6 Å². The number of likely N-dealkylation sites (N-methyl/N-ethyl adjacent to an activating group) is 1. The van der Waals surface area contributed by atoms with Crippen molar-refractivity contribution in [2.75, 3.05) is 25.5 Å². The van der Waals surface area contributed by atoms with Crippen LogP contribution in [0.2, 0.25) is 0 Å². The van der Waals surface area contributed by atoms with Gasteiger partial charge in [0.15, 0.2) is 0 Å². The molecule has 0 aliphatic carbocycles. The zero-order valence-electron chi connectivity index (χ0n) is 20.9. The van der Waals surface area contributed by atoms with E-state index >= 15 is 0 Å². The van der Waals surface area contributed by atoms with Crippen molar-refractivity contribution in [3.63, 3.8) is 0 Å². The highest BCUT2D eigenvalue weighted by Crippen LogP contribution is 2.31. The number of fused-ring (bicyclic) bond motifs is 2. The van der Waals surface area contributed by atoms with Crippen LogP contribution in [0.5, 0.6) is 0 Å². The van der Waals surface area contributed by atoms with Gasteiger partial charge in [0.05, 0.1) is 13.1 Å². The number of nitrogens with zero attached hydrogens (tertiary/aromatic N) is 3. The molecule has 0 saturated heterocycles. The van der Waals surface area contributed by atoms with Crippen molar-refractivity contribution < 1.29 is 14.3 Å². The molecule has 0 fully saturated rings. The third-order valence-electron chi connectivity index (χ3n) is 5.79. The summed E-state index contributed by atoms with van der Waals surface area (Å²) in [6.45, 7) is 9.75. The molecule has 3 heterocycles. The Hall–Kier alpha value is -3.39. The molecular weight excluding hydrogens is 460 g/mol. The number of aryl methyl sites for hydroxylation is 1. The fraction of sp³-hybridized carbons (Fsp3) is 0.370. The maximum atomic E-state index is 12.8. The van der Waals surface area contributed by atoms with E-state index in [0.717, 1.165) is 16.9 Å². The zero-order valence-corrected chi connectivity index (χ0v) is 21.7. The molecule has 8 heteroatoms. The number of ether oxygens (including phenoxy) is 1. The number of benzene rings is 1. The second kappa shape index (κ2) is 10.1. The molecule has 1 N–H and O–H groups in total. The van der Waals surface area contributed by atoms with Crippen LogP contribution < -0.4 is 5.32 Å². The maximum absolute atomic E-state index is 12.8. The van der Waals surface area contributed by atoms with Gasteiger partial charge in [-0.2, -0.15) is 0 Å². The van der Waals surface area contributed by atoms with Gasteiger partial charge in [-0.05, 0) is 62.4 Å².